The predicted octanol–water partition coefficient (Wildman–Crippen LogP) is 3.78. The van der Waals surface area contributed by atoms with Crippen LogP contribution in [0.1, 0.15) is 22.8 Å². The fraction of sp³-hybridized carbons (Fsp3) is 0.400. The van der Waals surface area contributed by atoms with Crippen LogP contribution in [0.5, 0.6) is 5.75 Å². The highest BCUT2D eigenvalue weighted by atomic mass is 127. The zero-order valence-corrected chi connectivity index (χ0v) is 12.3. The van der Waals surface area contributed by atoms with Crippen LogP contribution < -0.4 is 4.74 Å². The van der Waals surface area contributed by atoms with Crippen molar-refractivity contribution in [2.24, 2.45) is 0 Å². The van der Waals surface area contributed by atoms with Crippen LogP contribution in [-0.2, 0) is 10.9 Å². The molecule has 0 aromatic carbocycles. The normalized spacial score (nSPS) is 12.2. The van der Waals surface area contributed by atoms with Gasteiger partial charge in [0, 0.05) is 0 Å². The summed E-state index contributed by atoms with van der Waals surface area (Å²) >= 11 is 1.29. The largest absolute Gasteiger partial charge is 0.573 e. The molecule has 0 aliphatic carbocycles. The van der Waals surface area contributed by atoms with Crippen molar-refractivity contribution in [3.63, 3.8) is 0 Å². The zero-order chi connectivity index (χ0) is 16.4. The number of pyridine rings is 1. The number of rotatable bonds is 3. The van der Waals surface area contributed by atoms with Crippen LogP contribution in [0.25, 0.3) is 0 Å². The molecule has 0 spiro atoms. The van der Waals surface area contributed by atoms with E-state index in [4.69, 9.17) is 0 Å². The van der Waals surface area contributed by atoms with Crippen molar-refractivity contribution in [1.82, 2.24) is 4.98 Å². The first kappa shape index (κ1) is 17.8. The summed E-state index contributed by atoms with van der Waals surface area (Å²) in [5, 5.41) is 0. The number of alkyl halides is 6. The molecule has 0 unspecified atom stereocenters. The van der Waals surface area contributed by atoms with E-state index in [0.717, 1.165) is 0 Å². The highest BCUT2D eigenvalue weighted by molar-refractivity contribution is 14.1. The Morgan fingerprint density at radius 2 is 1.86 bits per heavy atom. The number of esters is 1. The van der Waals surface area contributed by atoms with E-state index in [1.54, 1.807) is 0 Å². The van der Waals surface area contributed by atoms with E-state index < -0.39 is 39.1 Å². The summed E-state index contributed by atoms with van der Waals surface area (Å²) in [4.78, 5) is 14.8. The van der Waals surface area contributed by atoms with E-state index in [-0.39, 0.29) is 12.8 Å². The molecule has 0 N–H and O–H groups in total. The van der Waals surface area contributed by atoms with Crippen molar-refractivity contribution in [2.75, 3.05) is 6.61 Å². The maximum Gasteiger partial charge on any atom is 0.573 e. The molecule has 1 heterocycles. The number of carbonyl (C=O) groups excluding carboxylic acids is 1. The minimum Gasteiger partial charge on any atom is -0.462 e. The molecule has 0 aliphatic rings. The van der Waals surface area contributed by atoms with Crippen LogP contribution >= 0.6 is 22.6 Å². The van der Waals surface area contributed by atoms with Crippen molar-refractivity contribution >= 4 is 28.6 Å². The van der Waals surface area contributed by atoms with Gasteiger partial charge in [0.2, 0.25) is 0 Å². The quantitative estimate of drug-likeness (QED) is 0.318. The maximum absolute atomic E-state index is 13.0. The second-order valence-corrected chi connectivity index (χ2v) is 4.45. The molecule has 0 bridgehead atoms. The van der Waals surface area contributed by atoms with E-state index in [1.807, 2.05) is 0 Å². The van der Waals surface area contributed by atoms with Gasteiger partial charge in [0.1, 0.15) is 14.8 Å². The Bertz CT molecular complexity index is 543. The van der Waals surface area contributed by atoms with Crippen LogP contribution in [0.2, 0.25) is 0 Å². The molecule has 1 aromatic heterocycles. The van der Waals surface area contributed by atoms with Crippen LogP contribution in [0.4, 0.5) is 26.3 Å². The second-order valence-electron chi connectivity index (χ2n) is 3.43. The van der Waals surface area contributed by atoms with E-state index in [1.165, 1.54) is 29.5 Å². The highest BCUT2D eigenvalue weighted by Crippen LogP contribution is 2.41. The molecular formula is C10H6F6INO3. The Balaban J connectivity index is 3.54. The van der Waals surface area contributed by atoms with E-state index >= 15 is 0 Å². The zero-order valence-electron chi connectivity index (χ0n) is 10.1. The van der Waals surface area contributed by atoms with Crippen molar-refractivity contribution < 1.29 is 40.6 Å². The van der Waals surface area contributed by atoms with Crippen molar-refractivity contribution in [3.8, 4) is 5.75 Å². The van der Waals surface area contributed by atoms with Gasteiger partial charge in [-0.25, -0.2) is 9.78 Å². The molecule has 0 saturated heterocycles. The van der Waals surface area contributed by atoms with E-state index in [9.17, 15) is 31.1 Å². The average molecular weight is 429 g/mol. The third-order valence-electron chi connectivity index (χ3n) is 1.99. The fourth-order valence-corrected chi connectivity index (χ4v) is 1.97. The Kier molecular flexibility index (Phi) is 5.28. The standard InChI is InChI=1S/C10H6F6INO3/c1-2-20-8(19)5-6(9(11,12)13)4(3-18-7(5)17)21-10(14,15)16/h3H,2H2,1H3. The minimum absolute atomic E-state index is 0.251. The first-order valence-corrected chi connectivity index (χ1v) is 6.23. The van der Waals surface area contributed by atoms with Crippen molar-refractivity contribution in [2.45, 2.75) is 19.5 Å². The topological polar surface area (TPSA) is 48.4 Å². The summed E-state index contributed by atoms with van der Waals surface area (Å²) in [5.74, 6) is -3.05. The molecule has 0 aliphatic heterocycles. The molecule has 0 radical (unpaired) electrons. The fourth-order valence-electron chi connectivity index (χ4n) is 1.34. The van der Waals surface area contributed by atoms with Crippen molar-refractivity contribution in [1.29, 1.82) is 0 Å². The van der Waals surface area contributed by atoms with Crippen LogP contribution in [0.3, 0.4) is 0 Å². The number of aromatic nitrogens is 1. The third-order valence-corrected chi connectivity index (χ3v) is 2.80. The Morgan fingerprint density at radius 1 is 1.29 bits per heavy atom. The molecule has 11 heteroatoms. The number of halogens is 7. The molecule has 0 atom stereocenters. The highest BCUT2D eigenvalue weighted by Gasteiger charge is 2.44. The Hall–Kier alpha value is -1.27. The maximum atomic E-state index is 13.0. The molecule has 1 rings (SSSR count). The number of nitrogens with zero attached hydrogens (tertiary/aromatic N) is 1. The van der Waals surface area contributed by atoms with E-state index in [0.29, 0.717) is 0 Å². The molecule has 0 saturated carbocycles. The molecule has 4 nitrogen and oxygen atoms in total. The lowest BCUT2D eigenvalue weighted by Gasteiger charge is -2.18. The monoisotopic (exact) mass is 429 g/mol. The summed E-state index contributed by atoms with van der Waals surface area (Å²) < 4.78 is 82.6. The van der Waals surface area contributed by atoms with Gasteiger partial charge in [-0.1, -0.05) is 0 Å². The smallest absolute Gasteiger partial charge is 0.462 e. The lowest BCUT2D eigenvalue weighted by molar-refractivity contribution is -0.276. The summed E-state index contributed by atoms with van der Waals surface area (Å²) in [5.41, 5.74) is -3.00. The minimum atomic E-state index is -5.36. The predicted molar refractivity (Wildman–Crippen MR) is 64.6 cm³/mol. The van der Waals surface area contributed by atoms with Gasteiger partial charge in [0.15, 0.2) is 5.75 Å². The summed E-state index contributed by atoms with van der Waals surface area (Å²) in [6.45, 7) is 1.08. The Morgan fingerprint density at radius 3 is 2.29 bits per heavy atom. The number of hydrogen-bond acceptors (Lipinski definition) is 4. The van der Waals surface area contributed by atoms with Crippen LogP contribution in [0.15, 0.2) is 6.20 Å². The molecule has 0 fully saturated rings. The number of hydrogen-bond donors (Lipinski definition) is 0. The summed E-state index contributed by atoms with van der Waals surface area (Å²) in [6, 6.07) is 0. The van der Waals surface area contributed by atoms with E-state index in [2.05, 4.69) is 14.5 Å². The van der Waals surface area contributed by atoms with Gasteiger partial charge in [-0.15, -0.1) is 13.2 Å². The molecule has 118 valence electrons. The first-order valence-electron chi connectivity index (χ1n) is 5.16. The van der Waals surface area contributed by atoms with Gasteiger partial charge in [-0.2, -0.15) is 13.2 Å². The van der Waals surface area contributed by atoms with Gasteiger partial charge in [-0.3, -0.25) is 0 Å². The summed E-state index contributed by atoms with van der Waals surface area (Å²) in [7, 11) is 0. The number of ether oxygens (including phenoxy) is 2. The second kappa shape index (κ2) is 6.23. The van der Waals surface area contributed by atoms with Gasteiger partial charge < -0.3 is 9.47 Å². The third kappa shape index (κ3) is 4.61. The van der Waals surface area contributed by atoms with Crippen LogP contribution in [-0.4, -0.2) is 23.9 Å². The van der Waals surface area contributed by atoms with Gasteiger partial charge in [-0.05, 0) is 29.5 Å². The first-order chi connectivity index (χ1) is 9.47. The number of carbonyl (C=O) groups is 1. The van der Waals surface area contributed by atoms with Gasteiger partial charge in [0.05, 0.1) is 12.8 Å². The van der Waals surface area contributed by atoms with Crippen molar-refractivity contribution in [3.05, 3.63) is 21.0 Å². The summed E-state index contributed by atoms with van der Waals surface area (Å²) in [6.07, 6.45) is -10.4. The Labute approximate surface area is 127 Å². The molecule has 1 aromatic rings. The van der Waals surface area contributed by atoms with Gasteiger partial charge in [0.25, 0.3) is 0 Å². The average Bonchev–Trinajstić information content (AvgIpc) is 2.27. The van der Waals surface area contributed by atoms with Crippen LogP contribution in [0, 0.1) is 3.70 Å². The van der Waals surface area contributed by atoms with Gasteiger partial charge >= 0.3 is 18.5 Å². The molecular weight excluding hydrogens is 423 g/mol. The lowest BCUT2D eigenvalue weighted by atomic mass is 10.1. The molecule has 21 heavy (non-hydrogen) atoms. The lowest BCUT2D eigenvalue weighted by Crippen LogP contribution is -2.24. The SMILES string of the molecule is CCOC(=O)c1c(I)ncc(OC(F)(F)F)c1C(F)(F)F. The molecule has 0 amide bonds.